The molecule has 11 heteroatoms. The number of piperidine rings is 1. The number of rotatable bonds is 8. The Morgan fingerprint density at radius 2 is 1.89 bits per heavy atom. The van der Waals surface area contributed by atoms with Crippen molar-refractivity contribution in [1.29, 1.82) is 0 Å². The molecule has 1 amide bonds. The Bertz CT molecular complexity index is 1330. The van der Waals surface area contributed by atoms with Crippen molar-refractivity contribution >= 4 is 26.8 Å². The van der Waals surface area contributed by atoms with E-state index in [1.54, 1.807) is 11.2 Å². The number of nitrogens with zero attached hydrogens (tertiary/aromatic N) is 4. The molecule has 10 nitrogen and oxygen atoms in total. The van der Waals surface area contributed by atoms with E-state index in [1.807, 2.05) is 29.3 Å². The number of nitrogens with two attached hydrogens (primary N) is 1. The lowest BCUT2D eigenvalue weighted by molar-refractivity contribution is 0.0360. The summed E-state index contributed by atoms with van der Waals surface area (Å²) in [7, 11) is -3.18. The number of aromatic amines is 1. The van der Waals surface area contributed by atoms with Crippen LogP contribution >= 0.6 is 0 Å². The summed E-state index contributed by atoms with van der Waals surface area (Å²) in [4.78, 5) is 18.0. The molecule has 36 heavy (non-hydrogen) atoms. The first kappa shape index (κ1) is 24.9. The van der Waals surface area contributed by atoms with Gasteiger partial charge in [0.05, 0.1) is 42.8 Å². The van der Waals surface area contributed by atoms with Gasteiger partial charge in [0.25, 0.3) is 5.91 Å². The highest BCUT2D eigenvalue weighted by Crippen LogP contribution is 2.37. The molecular formula is C25H34N6O4S. The summed E-state index contributed by atoms with van der Waals surface area (Å²) in [5, 5.41) is 5.50. The lowest BCUT2D eigenvalue weighted by Crippen LogP contribution is -2.38. The van der Waals surface area contributed by atoms with E-state index in [0.717, 1.165) is 79.8 Å². The summed E-state index contributed by atoms with van der Waals surface area (Å²) < 4.78 is 33.5. The summed E-state index contributed by atoms with van der Waals surface area (Å²) in [6, 6.07) is 3.91. The van der Waals surface area contributed by atoms with Gasteiger partial charge in [-0.2, -0.15) is 5.10 Å². The number of aromatic nitrogens is 3. The van der Waals surface area contributed by atoms with Crippen LogP contribution in [0.15, 0.2) is 30.7 Å². The summed E-state index contributed by atoms with van der Waals surface area (Å²) in [5.74, 6) is -0.163. The second-order valence-corrected chi connectivity index (χ2v) is 11.8. The number of hydrogen-bond donors (Lipinski definition) is 2. The molecule has 5 rings (SSSR count). The summed E-state index contributed by atoms with van der Waals surface area (Å²) in [6.45, 7) is 7.79. The molecule has 3 aromatic rings. The zero-order chi connectivity index (χ0) is 25.3. The monoisotopic (exact) mass is 514 g/mol. The van der Waals surface area contributed by atoms with E-state index in [-0.39, 0.29) is 11.7 Å². The van der Waals surface area contributed by atoms with Crippen LogP contribution in [0.2, 0.25) is 0 Å². The number of hydrogen-bond acceptors (Lipinski definition) is 6. The molecule has 4 heterocycles. The van der Waals surface area contributed by atoms with Gasteiger partial charge in [-0.25, -0.2) is 12.7 Å². The fourth-order valence-electron chi connectivity index (χ4n) is 5.28. The van der Waals surface area contributed by atoms with E-state index < -0.39 is 15.9 Å². The van der Waals surface area contributed by atoms with Gasteiger partial charge in [0, 0.05) is 56.1 Å². The smallest absolute Gasteiger partial charge is 0.250 e. The molecule has 2 aromatic heterocycles. The quantitative estimate of drug-likeness (QED) is 0.473. The third kappa shape index (κ3) is 5.06. The van der Waals surface area contributed by atoms with Crippen molar-refractivity contribution < 1.29 is 17.9 Å². The van der Waals surface area contributed by atoms with E-state index >= 15 is 0 Å². The average molecular weight is 515 g/mol. The van der Waals surface area contributed by atoms with Crippen molar-refractivity contribution in [3.05, 3.63) is 41.9 Å². The Balaban J connectivity index is 1.39. The zero-order valence-corrected chi connectivity index (χ0v) is 21.5. The van der Waals surface area contributed by atoms with Gasteiger partial charge in [-0.1, -0.05) is 0 Å². The molecular weight excluding hydrogens is 480 g/mol. The third-order valence-electron chi connectivity index (χ3n) is 7.45. The van der Waals surface area contributed by atoms with Crippen LogP contribution in [0.25, 0.3) is 22.0 Å². The Kier molecular flexibility index (Phi) is 7.16. The lowest BCUT2D eigenvalue weighted by atomic mass is 9.88. The van der Waals surface area contributed by atoms with E-state index in [9.17, 15) is 13.2 Å². The van der Waals surface area contributed by atoms with Crippen molar-refractivity contribution in [2.45, 2.75) is 32.2 Å². The molecule has 0 radical (unpaired) electrons. The van der Waals surface area contributed by atoms with Crippen LogP contribution in [0, 0.1) is 0 Å². The zero-order valence-electron chi connectivity index (χ0n) is 20.6. The molecule has 0 bridgehead atoms. The molecule has 2 aliphatic rings. The summed E-state index contributed by atoms with van der Waals surface area (Å²) >= 11 is 0. The van der Waals surface area contributed by atoms with Crippen LogP contribution in [-0.2, 0) is 21.3 Å². The third-order valence-corrected chi connectivity index (χ3v) is 9.34. The number of ether oxygens (including phenoxy) is 1. The number of benzene rings is 1. The molecule has 2 aliphatic heterocycles. The van der Waals surface area contributed by atoms with Gasteiger partial charge in [0.15, 0.2) is 0 Å². The summed E-state index contributed by atoms with van der Waals surface area (Å²) in [6.07, 6.45) is 7.25. The standard InChI is InChI=1S/C25H34N6O4S/c1-2-36(33,34)31-5-3-18(4-6-31)23-16-27-24-21(23)13-19(14-22(24)25(26)32)20-15-28-30(17-20)8-7-29-9-11-35-12-10-29/h13-18,27H,2-12H2,1H3,(H2,26,32). The maximum absolute atomic E-state index is 12.3. The lowest BCUT2D eigenvalue weighted by Gasteiger charge is -2.31. The number of amides is 1. The largest absolute Gasteiger partial charge is 0.379 e. The van der Waals surface area contributed by atoms with Crippen LogP contribution in [0.1, 0.15) is 41.6 Å². The van der Waals surface area contributed by atoms with E-state index in [0.29, 0.717) is 18.7 Å². The fraction of sp³-hybridized carbons (Fsp3) is 0.520. The van der Waals surface area contributed by atoms with Gasteiger partial charge in [-0.05, 0) is 48.9 Å². The molecule has 2 fully saturated rings. The van der Waals surface area contributed by atoms with Crippen LogP contribution in [0.4, 0.5) is 0 Å². The predicted molar refractivity (Wildman–Crippen MR) is 138 cm³/mol. The Hall–Kier alpha value is -2.73. The maximum atomic E-state index is 12.3. The van der Waals surface area contributed by atoms with Crippen molar-refractivity contribution in [2.24, 2.45) is 5.73 Å². The van der Waals surface area contributed by atoms with Gasteiger partial charge >= 0.3 is 0 Å². The number of sulfonamides is 1. The minimum Gasteiger partial charge on any atom is -0.379 e. The number of morpholine rings is 1. The van der Waals surface area contributed by atoms with Gasteiger partial charge in [-0.15, -0.1) is 0 Å². The number of primary amides is 1. The molecule has 0 aliphatic carbocycles. The Morgan fingerprint density at radius 1 is 1.14 bits per heavy atom. The molecule has 3 N–H and O–H groups in total. The van der Waals surface area contributed by atoms with E-state index in [1.165, 1.54) is 0 Å². The highest BCUT2D eigenvalue weighted by Gasteiger charge is 2.29. The first-order chi connectivity index (χ1) is 17.4. The average Bonchev–Trinajstić information content (AvgIpc) is 3.55. The first-order valence-electron chi connectivity index (χ1n) is 12.6. The SMILES string of the molecule is CCS(=O)(=O)N1CCC(c2c[nH]c3c(C(N)=O)cc(-c4cnn(CCN5CCOCC5)c4)cc23)CC1. The number of carbonyl (C=O) groups is 1. The van der Waals surface area contributed by atoms with Crippen LogP contribution in [0.5, 0.6) is 0 Å². The highest BCUT2D eigenvalue weighted by molar-refractivity contribution is 7.89. The van der Waals surface area contributed by atoms with Gasteiger partial charge in [-0.3, -0.25) is 14.4 Å². The molecule has 194 valence electrons. The van der Waals surface area contributed by atoms with E-state index in [2.05, 4.69) is 21.0 Å². The molecule has 0 atom stereocenters. The first-order valence-corrected chi connectivity index (χ1v) is 14.2. The molecule has 1 aromatic carbocycles. The Morgan fingerprint density at radius 3 is 2.58 bits per heavy atom. The van der Waals surface area contributed by atoms with Crippen molar-refractivity contribution in [1.82, 2.24) is 24.0 Å². The van der Waals surface area contributed by atoms with Gasteiger partial charge in [0.2, 0.25) is 10.0 Å². The van der Waals surface area contributed by atoms with Crippen LogP contribution < -0.4 is 5.73 Å². The molecule has 2 saturated heterocycles. The van der Waals surface area contributed by atoms with Crippen molar-refractivity contribution in [2.75, 3.05) is 51.7 Å². The number of nitrogens with one attached hydrogen (secondary N) is 1. The van der Waals surface area contributed by atoms with Crippen LogP contribution in [-0.4, -0.2) is 90.0 Å². The Labute approximate surface area is 211 Å². The van der Waals surface area contributed by atoms with E-state index in [4.69, 9.17) is 10.5 Å². The summed E-state index contributed by atoms with van der Waals surface area (Å²) in [5.41, 5.74) is 9.85. The van der Waals surface area contributed by atoms with Crippen LogP contribution in [0.3, 0.4) is 0 Å². The number of carbonyl (C=O) groups excluding carboxylic acids is 1. The topological polar surface area (TPSA) is 127 Å². The number of H-pyrrole nitrogens is 1. The second kappa shape index (κ2) is 10.3. The molecule has 0 saturated carbocycles. The minimum atomic E-state index is -3.18. The maximum Gasteiger partial charge on any atom is 0.250 e. The molecule has 0 unspecified atom stereocenters. The van der Waals surface area contributed by atoms with Crippen molar-refractivity contribution in [3.63, 3.8) is 0 Å². The predicted octanol–water partition coefficient (Wildman–Crippen LogP) is 1.99. The number of fused-ring (bicyclic) bond motifs is 1. The van der Waals surface area contributed by atoms with Crippen molar-refractivity contribution in [3.8, 4) is 11.1 Å². The van der Waals surface area contributed by atoms with Gasteiger partial charge in [0.1, 0.15) is 0 Å². The fourth-order valence-corrected chi connectivity index (χ4v) is 6.42. The minimum absolute atomic E-state index is 0.121. The normalized spacial score (nSPS) is 18.7. The molecule has 0 spiro atoms. The van der Waals surface area contributed by atoms with Gasteiger partial charge < -0.3 is 15.5 Å². The highest BCUT2D eigenvalue weighted by atomic mass is 32.2. The second-order valence-electron chi connectivity index (χ2n) is 9.57.